The molecule has 0 saturated heterocycles. The summed E-state index contributed by atoms with van der Waals surface area (Å²) in [6.07, 6.45) is -3.36. The molecule has 0 aliphatic carbocycles. The van der Waals surface area contributed by atoms with Gasteiger partial charge in [-0.2, -0.15) is 13.2 Å². The molecule has 0 radical (unpaired) electrons. The number of hydrogen-bond acceptors (Lipinski definition) is 2. The highest BCUT2D eigenvalue weighted by atomic mass is 19.4. The van der Waals surface area contributed by atoms with Crippen LogP contribution < -0.4 is 0 Å². The van der Waals surface area contributed by atoms with Gasteiger partial charge in [-0.1, -0.05) is 27.7 Å². The third-order valence-electron chi connectivity index (χ3n) is 2.43. The lowest BCUT2D eigenvalue weighted by atomic mass is 9.89. The van der Waals surface area contributed by atoms with E-state index in [1.165, 1.54) is 4.90 Å². The molecular formula is C12H22F3NO. The molecule has 102 valence electrons. The minimum absolute atomic E-state index is 0.000720. The Hall–Kier alpha value is -0.580. The maximum atomic E-state index is 12.3. The number of carbonyl (C=O) groups is 1. The molecule has 0 saturated carbocycles. The van der Waals surface area contributed by atoms with E-state index in [4.69, 9.17) is 0 Å². The second kappa shape index (κ2) is 6.38. The first-order chi connectivity index (χ1) is 7.56. The number of halogens is 3. The lowest BCUT2D eigenvalue weighted by molar-refractivity contribution is -0.147. The Morgan fingerprint density at radius 3 is 2.00 bits per heavy atom. The lowest BCUT2D eigenvalue weighted by Gasteiger charge is -2.24. The van der Waals surface area contributed by atoms with Gasteiger partial charge in [-0.15, -0.1) is 0 Å². The summed E-state index contributed by atoms with van der Waals surface area (Å²) in [4.78, 5) is 12.9. The van der Waals surface area contributed by atoms with Crippen LogP contribution in [0, 0.1) is 5.41 Å². The fourth-order valence-corrected chi connectivity index (χ4v) is 1.47. The van der Waals surface area contributed by atoms with Crippen LogP contribution in [-0.4, -0.2) is 36.5 Å². The Bertz CT molecular complexity index is 243. The van der Waals surface area contributed by atoms with Gasteiger partial charge >= 0.3 is 6.18 Å². The van der Waals surface area contributed by atoms with Crippen LogP contribution in [0.5, 0.6) is 0 Å². The molecule has 0 aliphatic rings. The monoisotopic (exact) mass is 253 g/mol. The molecule has 0 spiro atoms. The third-order valence-corrected chi connectivity index (χ3v) is 2.43. The zero-order valence-electron chi connectivity index (χ0n) is 11.0. The fourth-order valence-electron chi connectivity index (χ4n) is 1.47. The molecule has 0 N–H and O–H groups in total. The maximum Gasteiger partial charge on any atom is 0.401 e. The number of hydrogen-bond donors (Lipinski definition) is 0. The normalized spacial score (nSPS) is 13.2. The molecule has 17 heavy (non-hydrogen) atoms. The van der Waals surface area contributed by atoms with Gasteiger partial charge in [0.2, 0.25) is 0 Å². The summed E-state index contributed by atoms with van der Waals surface area (Å²) < 4.78 is 36.8. The van der Waals surface area contributed by atoms with Crippen LogP contribution in [-0.2, 0) is 4.79 Å². The van der Waals surface area contributed by atoms with Crippen LogP contribution in [0.2, 0.25) is 0 Å². The first-order valence-electron chi connectivity index (χ1n) is 5.88. The zero-order valence-corrected chi connectivity index (χ0v) is 11.0. The van der Waals surface area contributed by atoms with E-state index in [9.17, 15) is 18.0 Å². The Morgan fingerprint density at radius 2 is 1.65 bits per heavy atom. The highest BCUT2D eigenvalue weighted by Crippen LogP contribution is 2.19. The molecular weight excluding hydrogens is 231 g/mol. The molecule has 0 fully saturated rings. The van der Waals surface area contributed by atoms with Gasteiger partial charge in [0.25, 0.3) is 0 Å². The molecule has 0 rings (SSSR count). The van der Waals surface area contributed by atoms with Crippen LogP contribution in [0.25, 0.3) is 0 Å². The number of ketones is 1. The average molecular weight is 253 g/mol. The summed E-state index contributed by atoms with van der Waals surface area (Å²) in [7, 11) is 0. The minimum Gasteiger partial charge on any atom is -0.299 e. The standard InChI is InChI=1S/C12H22F3NO/c1-5-7-16(9-12(13,14)15)8-6-10(17)11(2,3)4/h5-9H2,1-4H3. The predicted molar refractivity (Wildman–Crippen MR) is 61.9 cm³/mol. The van der Waals surface area contributed by atoms with Crippen molar-refractivity contribution in [2.75, 3.05) is 19.6 Å². The second-order valence-corrected chi connectivity index (χ2v) is 5.31. The zero-order chi connectivity index (χ0) is 13.7. The molecule has 0 amide bonds. The first kappa shape index (κ1) is 16.4. The highest BCUT2D eigenvalue weighted by molar-refractivity contribution is 5.83. The molecule has 0 aromatic heterocycles. The van der Waals surface area contributed by atoms with Gasteiger partial charge in [-0.25, -0.2) is 0 Å². The van der Waals surface area contributed by atoms with Crippen molar-refractivity contribution in [3.05, 3.63) is 0 Å². The van der Waals surface area contributed by atoms with Gasteiger partial charge in [0.05, 0.1) is 6.54 Å². The van der Waals surface area contributed by atoms with Crippen molar-refractivity contribution in [3.8, 4) is 0 Å². The number of alkyl halides is 3. The summed E-state index contributed by atoms with van der Waals surface area (Å²) >= 11 is 0. The molecule has 0 aromatic rings. The fraction of sp³-hybridized carbons (Fsp3) is 0.917. The van der Waals surface area contributed by atoms with Crippen molar-refractivity contribution in [2.24, 2.45) is 5.41 Å². The molecule has 0 unspecified atom stereocenters. The maximum absolute atomic E-state index is 12.3. The van der Waals surface area contributed by atoms with Gasteiger partial charge in [0, 0.05) is 18.4 Å². The van der Waals surface area contributed by atoms with E-state index >= 15 is 0 Å². The smallest absolute Gasteiger partial charge is 0.299 e. The van der Waals surface area contributed by atoms with Crippen molar-refractivity contribution >= 4 is 5.78 Å². The van der Waals surface area contributed by atoms with E-state index in [2.05, 4.69) is 0 Å². The summed E-state index contributed by atoms with van der Waals surface area (Å²) in [5.74, 6) is 0.000720. The van der Waals surface area contributed by atoms with E-state index in [1.54, 1.807) is 20.8 Å². The van der Waals surface area contributed by atoms with Crippen LogP contribution in [0.4, 0.5) is 13.2 Å². The molecule has 5 heteroatoms. The van der Waals surface area contributed by atoms with E-state index in [0.717, 1.165) is 0 Å². The average Bonchev–Trinajstić information content (AvgIpc) is 2.10. The number of carbonyl (C=O) groups excluding carboxylic acids is 1. The van der Waals surface area contributed by atoms with Gasteiger partial charge in [0.15, 0.2) is 0 Å². The third kappa shape index (κ3) is 8.18. The van der Waals surface area contributed by atoms with Crippen LogP contribution in [0.3, 0.4) is 0 Å². The van der Waals surface area contributed by atoms with E-state index in [-0.39, 0.29) is 18.7 Å². The van der Waals surface area contributed by atoms with E-state index < -0.39 is 18.1 Å². The van der Waals surface area contributed by atoms with Crippen molar-refractivity contribution in [1.82, 2.24) is 4.90 Å². The lowest BCUT2D eigenvalue weighted by Crippen LogP contribution is -2.37. The van der Waals surface area contributed by atoms with E-state index in [1.807, 2.05) is 6.92 Å². The summed E-state index contributed by atoms with van der Waals surface area (Å²) in [6.45, 7) is 6.79. The topological polar surface area (TPSA) is 20.3 Å². The summed E-state index contributed by atoms with van der Waals surface area (Å²) in [5.41, 5.74) is -0.476. The second-order valence-electron chi connectivity index (χ2n) is 5.31. The Kier molecular flexibility index (Phi) is 6.16. The molecule has 0 aliphatic heterocycles. The van der Waals surface area contributed by atoms with Crippen LogP contribution in [0.15, 0.2) is 0 Å². The van der Waals surface area contributed by atoms with E-state index in [0.29, 0.717) is 13.0 Å². The quantitative estimate of drug-likeness (QED) is 0.724. The summed E-state index contributed by atoms with van der Waals surface area (Å²) in [6, 6.07) is 0. The predicted octanol–water partition coefficient (Wildman–Crippen LogP) is 3.27. The molecule has 0 bridgehead atoms. The largest absolute Gasteiger partial charge is 0.401 e. The molecule has 2 nitrogen and oxygen atoms in total. The van der Waals surface area contributed by atoms with Gasteiger partial charge in [0.1, 0.15) is 5.78 Å². The Labute approximate surface area is 101 Å². The van der Waals surface area contributed by atoms with Crippen molar-refractivity contribution in [3.63, 3.8) is 0 Å². The summed E-state index contributed by atoms with van der Waals surface area (Å²) in [5, 5.41) is 0. The molecule has 0 atom stereocenters. The molecule has 0 heterocycles. The number of rotatable bonds is 6. The van der Waals surface area contributed by atoms with Gasteiger partial charge in [-0.05, 0) is 13.0 Å². The van der Waals surface area contributed by atoms with Crippen LogP contribution >= 0.6 is 0 Å². The van der Waals surface area contributed by atoms with Crippen molar-refractivity contribution < 1.29 is 18.0 Å². The minimum atomic E-state index is -4.19. The van der Waals surface area contributed by atoms with Crippen molar-refractivity contribution in [1.29, 1.82) is 0 Å². The Morgan fingerprint density at radius 1 is 1.12 bits per heavy atom. The SMILES string of the molecule is CCCN(CCC(=O)C(C)(C)C)CC(F)(F)F. The van der Waals surface area contributed by atoms with Crippen molar-refractivity contribution in [2.45, 2.75) is 46.7 Å². The molecule has 0 aromatic carbocycles. The van der Waals surface area contributed by atoms with Gasteiger partial charge < -0.3 is 0 Å². The van der Waals surface area contributed by atoms with Crippen LogP contribution in [0.1, 0.15) is 40.5 Å². The highest BCUT2D eigenvalue weighted by Gasteiger charge is 2.31. The number of Topliss-reactive ketones (excluding diaryl/α,β-unsaturated/α-hetero) is 1. The first-order valence-corrected chi connectivity index (χ1v) is 5.88. The number of nitrogens with zero attached hydrogens (tertiary/aromatic N) is 1. The Balaban J connectivity index is 4.23. The van der Waals surface area contributed by atoms with Gasteiger partial charge in [-0.3, -0.25) is 9.69 Å².